The van der Waals surface area contributed by atoms with Gasteiger partial charge in [0.1, 0.15) is 0 Å². The minimum Gasteiger partial charge on any atom is -0.330 e. The monoisotopic (exact) mass is 426 g/mol. The smallest absolute Gasteiger partial charge is 0.227 e. The second-order valence-electron chi connectivity index (χ2n) is 3.71. The number of carbonyl (C=O) groups excluding carboxylic acids is 1. The lowest BCUT2D eigenvalue weighted by Gasteiger charge is -2.14. The van der Waals surface area contributed by atoms with E-state index in [4.69, 9.17) is 5.73 Å². The summed E-state index contributed by atoms with van der Waals surface area (Å²) in [5.41, 5.74) is 6.17. The van der Waals surface area contributed by atoms with Crippen LogP contribution < -0.4 is 11.1 Å². The molecule has 0 fully saturated rings. The quantitative estimate of drug-likeness (QED) is 0.764. The molecule has 0 aliphatic carbocycles. The Kier molecular flexibility index (Phi) is 6.12. The van der Waals surface area contributed by atoms with E-state index in [-0.39, 0.29) is 11.8 Å². The molecule has 0 bridgehead atoms. The molecule has 0 heterocycles. The van der Waals surface area contributed by atoms with E-state index in [9.17, 15) is 4.79 Å². The van der Waals surface area contributed by atoms with E-state index < -0.39 is 0 Å². The van der Waals surface area contributed by atoms with Gasteiger partial charge in [0.25, 0.3) is 0 Å². The Hall–Kier alpha value is 0.0900. The second kappa shape index (κ2) is 6.87. The molecule has 3 nitrogen and oxygen atoms in total. The number of benzene rings is 1. The van der Waals surface area contributed by atoms with Gasteiger partial charge >= 0.3 is 0 Å². The van der Waals surface area contributed by atoms with E-state index >= 15 is 0 Å². The summed E-state index contributed by atoms with van der Waals surface area (Å²) in [4.78, 5) is 11.9. The summed E-state index contributed by atoms with van der Waals surface area (Å²) in [7, 11) is 0. The number of rotatable bonds is 4. The Morgan fingerprint density at radius 3 is 2.35 bits per heavy atom. The second-order valence-corrected chi connectivity index (χ2v) is 6.34. The normalized spacial score (nSPS) is 12.3. The highest BCUT2D eigenvalue weighted by molar-refractivity contribution is 9.11. The fraction of sp³-hybridized carbons (Fsp3) is 0.364. The number of nitrogens with one attached hydrogen (secondary N) is 1. The highest BCUT2D eigenvalue weighted by Crippen LogP contribution is 2.34. The van der Waals surface area contributed by atoms with Crippen molar-refractivity contribution in [2.24, 2.45) is 11.7 Å². The molecule has 1 unspecified atom stereocenters. The summed E-state index contributed by atoms with van der Waals surface area (Å²) in [6.45, 7) is 2.38. The molecule has 6 heteroatoms. The van der Waals surface area contributed by atoms with Crippen LogP contribution in [0.25, 0.3) is 0 Å². The molecule has 1 amide bonds. The van der Waals surface area contributed by atoms with Gasteiger partial charge in [-0.05, 0) is 57.0 Å². The molecule has 1 rings (SSSR count). The Balaban J connectivity index is 2.85. The van der Waals surface area contributed by atoms with Crippen LogP contribution in [0, 0.1) is 5.92 Å². The van der Waals surface area contributed by atoms with Gasteiger partial charge < -0.3 is 11.1 Å². The lowest BCUT2D eigenvalue weighted by atomic mass is 10.1. The summed E-state index contributed by atoms with van der Waals surface area (Å²) in [6.07, 6.45) is 0.678. The number of amides is 1. The standard InChI is InChI=1S/C11H13Br3N2O/c1-6(2-3-15)11(17)16-10-8(13)4-7(12)5-9(10)14/h4-6H,2-3,15H2,1H3,(H,16,17). The van der Waals surface area contributed by atoms with E-state index in [0.717, 1.165) is 19.1 Å². The van der Waals surface area contributed by atoms with Crippen molar-refractivity contribution in [2.45, 2.75) is 13.3 Å². The zero-order chi connectivity index (χ0) is 13.0. The van der Waals surface area contributed by atoms with Crippen LogP contribution in [0.3, 0.4) is 0 Å². The van der Waals surface area contributed by atoms with Crippen molar-refractivity contribution in [3.8, 4) is 0 Å². The van der Waals surface area contributed by atoms with Gasteiger partial charge in [-0.3, -0.25) is 4.79 Å². The van der Waals surface area contributed by atoms with E-state index in [1.807, 2.05) is 19.1 Å². The van der Waals surface area contributed by atoms with Gasteiger partial charge in [0.2, 0.25) is 5.91 Å². The van der Waals surface area contributed by atoms with E-state index in [0.29, 0.717) is 13.0 Å². The molecule has 0 radical (unpaired) electrons. The maximum atomic E-state index is 11.9. The van der Waals surface area contributed by atoms with E-state index in [2.05, 4.69) is 53.1 Å². The van der Waals surface area contributed by atoms with Gasteiger partial charge in [-0.25, -0.2) is 0 Å². The molecule has 0 aromatic heterocycles. The molecule has 0 spiro atoms. The molecule has 0 aliphatic heterocycles. The molecule has 17 heavy (non-hydrogen) atoms. The Bertz CT molecular complexity index is 400. The third-order valence-corrected chi connectivity index (χ3v) is 4.01. The summed E-state index contributed by atoms with van der Waals surface area (Å²) in [6, 6.07) is 3.77. The molecule has 0 aliphatic rings. The van der Waals surface area contributed by atoms with Crippen LogP contribution in [0.15, 0.2) is 25.6 Å². The van der Waals surface area contributed by atoms with Gasteiger partial charge in [-0.1, -0.05) is 22.9 Å². The predicted molar refractivity (Wildman–Crippen MR) is 81.0 cm³/mol. The van der Waals surface area contributed by atoms with Crippen LogP contribution in [0.2, 0.25) is 0 Å². The van der Waals surface area contributed by atoms with E-state index in [1.165, 1.54) is 0 Å². The SMILES string of the molecule is CC(CCN)C(=O)Nc1c(Br)cc(Br)cc1Br. The predicted octanol–water partition coefficient (Wildman–Crippen LogP) is 3.90. The third kappa shape index (κ3) is 4.35. The summed E-state index contributed by atoms with van der Waals surface area (Å²) < 4.78 is 2.59. The fourth-order valence-corrected chi connectivity index (χ4v) is 3.75. The molecule has 1 atom stereocenters. The molecule has 1 aromatic carbocycles. The van der Waals surface area contributed by atoms with Crippen LogP contribution in [0.4, 0.5) is 5.69 Å². The Morgan fingerprint density at radius 2 is 1.88 bits per heavy atom. The Morgan fingerprint density at radius 1 is 1.35 bits per heavy atom. The Labute approximate surface area is 126 Å². The first-order valence-corrected chi connectivity index (χ1v) is 7.49. The van der Waals surface area contributed by atoms with Crippen LogP contribution in [0.5, 0.6) is 0 Å². The van der Waals surface area contributed by atoms with E-state index in [1.54, 1.807) is 0 Å². The van der Waals surface area contributed by atoms with Crippen LogP contribution in [-0.2, 0) is 4.79 Å². The average Bonchev–Trinajstić information content (AvgIpc) is 2.23. The van der Waals surface area contributed by atoms with Crippen molar-refractivity contribution >= 4 is 59.4 Å². The molecule has 3 N–H and O–H groups in total. The molecule has 0 saturated heterocycles. The maximum absolute atomic E-state index is 11.9. The van der Waals surface area contributed by atoms with Gasteiger partial charge in [-0.2, -0.15) is 0 Å². The number of nitrogens with two attached hydrogens (primary N) is 1. The number of anilines is 1. The highest BCUT2D eigenvalue weighted by Gasteiger charge is 2.15. The fourth-order valence-electron chi connectivity index (χ4n) is 1.29. The van der Waals surface area contributed by atoms with Crippen molar-refractivity contribution in [2.75, 3.05) is 11.9 Å². The number of hydrogen-bond donors (Lipinski definition) is 2. The summed E-state index contributed by atoms with van der Waals surface area (Å²) >= 11 is 10.2. The molecular weight excluding hydrogens is 416 g/mol. The molecule has 94 valence electrons. The lowest BCUT2D eigenvalue weighted by Crippen LogP contribution is -2.23. The van der Waals surface area contributed by atoms with Gasteiger partial charge in [0, 0.05) is 19.3 Å². The number of hydrogen-bond acceptors (Lipinski definition) is 2. The van der Waals surface area contributed by atoms with Crippen LogP contribution >= 0.6 is 47.8 Å². The van der Waals surface area contributed by atoms with Crippen molar-refractivity contribution in [3.05, 3.63) is 25.6 Å². The molecular formula is C11H13Br3N2O. The minimum atomic E-state index is -0.0950. The van der Waals surface area contributed by atoms with Crippen LogP contribution in [-0.4, -0.2) is 12.5 Å². The molecule has 1 aromatic rings. The van der Waals surface area contributed by atoms with Crippen molar-refractivity contribution < 1.29 is 4.79 Å². The van der Waals surface area contributed by atoms with Gasteiger partial charge in [0.15, 0.2) is 0 Å². The maximum Gasteiger partial charge on any atom is 0.227 e. The highest BCUT2D eigenvalue weighted by atomic mass is 79.9. The summed E-state index contributed by atoms with van der Waals surface area (Å²) in [5, 5.41) is 2.88. The zero-order valence-electron chi connectivity index (χ0n) is 9.27. The summed E-state index contributed by atoms with van der Waals surface area (Å²) in [5.74, 6) is -0.124. The minimum absolute atomic E-state index is 0.0285. The molecule has 0 saturated carbocycles. The lowest BCUT2D eigenvalue weighted by molar-refractivity contribution is -0.119. The number of halogens is 3. The topological polar surface area (TPSA) is 55.1 Å². The van der Waals surface area contributed by atoms with Gasteiger partial charge in [0.05, 0.1) is 5.69 Å². The van der Waals surface area contributed by atoms with Crippen molar-refractivity contribution in [1.82, 2.24) is 0 Å². The third-order valence-electron chi connectivity index (χ3n) is 2.30. The van der Waals surface area contributed by atoms with Gasteiger partial charge in [-0.15, -0.1) is 0 Å². The average molecular weight is 429 g/mol. The van der Waals surface area contributed by atoms with Crippen molar-refractivity contribution in [1.29, 1.82) is 0 Å². The first-order valence-electron chi connectivity index (χ1n) is 5.11. The largest absolute Gasteiger partial charge is 0.330 e. The zero-order valence-corrected chi connectivity index (χ0v) is 14.0. The first-order chi connectivity index (χ1) is 7.95. The number of carbonyl (C=O) groups is 1. The first kappa shape index (κ1) is 15.1. The van der Waals surface area contributed by atoms with Crippen molar-refractivity contribution in [3.63, 3.8) is 0 Å². The van der Waals surface area contributed by atoms with Crippen LogP contribution in [0.1, 0.15) is 13.3 Å².